The Labute approximate surface area is 127 Å². The summed E-state index contributed by atoms with van der Waals surface area (Å²) in [7, 11) is 1.50. The zero-order valence-corrected chi connectivity index (χ0v) is 13.3. The molecule has 0 aliphatic heterocycles. The number of amides is 2. The van der Waals surface area contributed by atoms with Gasteiger partial charge in [-0.1, -0.05) is 28.1 Å². The average molecular weight is 345 g/mol. The maximum absolute atomic E-state index is 11.6. The van der Waals surface area contributed by atoms with Gasteiger partial charge in [0.2, 0.25) is 0 Å². The normalized spacial score (nSPS) is 13.6. The fourth-order valence-corrected chi connectivity index (χ4v) is 2.25. The van der Waals surface area contributed by atoms with Crippen LogP contribution in [0.3, 0.4) is 0 Å². The van der Waals surface area contributed by atoms with Crippen molar-refractivity contribution in [3.8, 4) is 0 Å². The second kappa shape index (κ2) is 8.94. The van der Waals surface area contributed by atoms with E-state index in [4.69, 9.17) is 4.74 Å². The van der Waals surface area contributed by atoms with E-state index in [2.05, 4.69) is 26.6 Å². The van der Waals surface area contributed by atoms with Gasteiger partial charge in [0, 0.05) is 24.2 Å². The summed E-state index contributed by atoms with van der Waals surface area (Å²) in [6.45, 7) is 2.31. The number of ether oxygens (including phenoxy) is 1. The molecule has 2 unspecified atom stereocenters. The van der Waals surface area contributed by atoms with Crippen LogP contribution in [-0.4, -0.2) is 43.5 Å². The van der Waals surface area contributed by atoms with Crippen LogP contribution in [0.2, 0.25) is 0 Å². The van der Waals surface area contributed by atoms with Gasteiger partial charge in [0.25, 0.3) is 0 Å². The van der Waals surface area contributed by atoms with Gasteiger partial charge in [-0.15, -0.1) is 0 Å². The molecule has 20 heavy (non-hydrogen) atoms. The lowest BCUT2D eigenvalue weighted by molar-refractivity contribution is 0.0659. The maximum Gasteiger partial charge on any atom is 0.315 e. The minimum atomic E-state index is -0.689. The van der Waals surface area contributed by atoms with Crippen LogP contribution >= 0.6 is 15.9 Å². The predicted molar refractivity (Wildman–Crippen MR) is 81.7 cm³/mol. The fraction of sp³-hybridized carbons (Fsp3) is 0.500. The van der Waals surface area contributed by atoms with E-state index in [1.54, 1.807) is 0 Å². The molecule has 0 heterocycles. The molecule has 0 aliphatic rings. The fourth-order valence-electron chi connectivity index (χ4n) is 1.81. The molecule has 0 aliphatic carbocycles. The molecular formula is C14H21BrN2O3. The number of halogens is 1. The van der Waals surface area contributed by atoms with E-state index in [1.165, 1.54) is 7.11 Å². The quantitative estimate of drug-likeness (QED) is 0.704. The number of nitrogens with one attached hydrogen (secondary N) is 2. The van der Waals surface area contributed by atoms with Gasteiger partial charge in [-0.3, -0.25) is 0 Å². The van der Waals surface area contributed by atoms with Crippen molar-refractivity contribution >= 4 is 22.0 Å². The molecule has 1 rings (SSSR count). The van der Waals surface area contributed by atoms with Crippen molar-refractivity contribution in [2.75, 3.05) is 20.3 Å². The van der Waals surface area contributed by atoms with E-state index >= 15 is 0 Å². The minimum Gasteiger partial charge on any atom is -0.389 e. The number of hydrogen-bond donors (Lipinski definition) is 3. The molecule has 0 fully saturated rings. The average Bonchev–Trinajstić information content (AvgIpc) is 2.36. The number of aliphatic hydroxyl groups is 1. The van der Waals surface area contributed by atoms with Crippen LogP contribution in [0.25, 0.3) is 0 Å². The highest BCUT2D eigenvalue weighted by Gasteiger charge is 2.10. The number of carbonyl (C=O) groups excluding carboxylic acids is 1. The Balaban J connectivity index is 2.31. The summed E-state index contributed by atoms with van der Waals surface area (Å²) in [6.07, 6.45) is 0.0548. The number of aliphatic hydroxyl groups excluding tert-OH is 1. The molecule has 0 bridgehead atoms. The molecule has 2 amide bonds. The zero-order chi connectivity index (χ0) is 15.0. The molecule has 1 aromatic carbocycles. The molecule has 5 nitrogen and oxygen atoms in total. The van der Waals surface area contributed by atoms with Crippen molar-refractivity contribution in [3.05, 3.63) is 34.3 Å². The van der Waals surface area contributed by atoms with Gasteiger partial charge in [-0.25, -0.2) is 4.79 Å². The lowest BCUT2D eigenvalue weighted by Crippen LogP contribution is -2.44. The van der Waals surface area contributed by atoms with E-state index in [-0.39, 0.29) is 25.2 Å². The Morgan fingerprint density at radius 2 is 2.25 bits per heavy atom. The lowest BCUT2D eigenvalue weighted by Gasteiger charge is -2.16. The van der Waals surface area contributed by atoms with E-state index in [9.17, 15) is 9.90 Å². The van der Waals surface area contributed by atoms with Crippen molar-refractivity contribution in [2.45, 2.75) is 25.5 Å². The minimum absolute atomic E-state index is 0.00358. The highest BCUT2D eigenvalue weighted by Crippen LogP contribution is 2.12. The van der Waals surface area contributed by atoms with Crippen LogP contribution in [0, 0.1) is 0 Å². The second-order valence-electron chi connectivity index (χ2n) is 4.70. The van der Waals surface area contributed by atoms with Crippen LogP contribution in [0.1, 0.15) is 12.5 Å². The number of urea groups is 1. The van der Waals surface area contributed by atoms with E-state index < -0.39 is 6.10 Å². The van der Waals surface area contributed by atoms with Crippen molar-refractivity contribution in [2.24, 2.45) is 0 Å². The summed E-state index contributed by atoms with van der Waals surface area (Å²) in [4.78, 5) is 11.6. The number of methoxy groups -OCH3 is 1. The molecule has 112 valence electrons. The zero-order valence-electron chi connectivity index (χ0n) is 11.7. The summed E-state index contributed by atoms with van der Waals surface area (Å²) in [5.74, 6) is 0. The Kier molecular flexibility index (Phi) is 7.58. The molecular weight excluding hydrogens is 324 g/mol. The van der Waals surface area contributed by atoms with Crippen LogP contribution in [0.5, 0.6) is 0 Å². The van der Waals surface area contributed by atoms with Crippen molar-refractivity contribution < 1.29 is 14.6 Å². The van der Waals surface area contributed by atoms with Gasteiger partial charge in [-0.2, -0.15) is 0 Å². The summed E-state index contributed by atoms with van der Waals surface area (Å²) >= 11 is 3.42. The summed E-state index contributed by atoms with van der Waals surface area (Å²) in [6, 6.07) is 7.69. The Morgan fingerprint density at radius 1 is 1.50 bits per heavy atom. The second-order valence-corrected chi connectivity index (χ2v) is 5.61. The van der Waals surface area contributed by atoms with Gasteiger partial charge in [0.05, 0.1) is 12.7 Å². The van der Waals surface area contributed by atoms with Gasteiger partial charge in [-0.05, 0) is 31.0 Å². The first-order chi connectivity index (χ1) is 9.51. The SMILES string of the molecule is COCC(O)CNC(=O)NC(C)Cc1cccc(Br)c1. The topological polar surface area (TPSA) is 70.6 Å². The third kappa shape index (κ3) is 6.88. The van der Waals surface area contributed by atoms with Gasteiger partial charge < -0.3 is 20.5 Å². The number of carbonyl (C=O) groups is 1. The van der Waals surface area contributed by atoms with Crippen LogP contribution in [0.15, 0.2) is 28.7 Å². The third-order valence-corrected chi connectivity index (χ3v) is 3.16. The summed E-state index contributed by atoms with van der Waals surface area (Å²) in [5.41, 5.74) is 1.14. The first kappa shape index (κ1) is 16.9. The molecule has 6 heteroatoms. The third-order valence-electron chi connectivity index (χ3n) is 2.67. The molecule has 0 spiro atoms. The van der Waals surface area contributed by atoms with Crippen molar-refractivity contribution in [1.82, 2.24) is 10.6 Å². The smallest absolute Gasteiger partial charge is 0.315 e. The molecule has 0 aromatic heterocycles. The van der Waals surface area contributed by atoms with Crippen LogP contribution < -0.4 is 10.6 Å². The maximum atomic E-state index is 11.6. The van der Waals surface area contributed by atoms with Crippen LogP contribution in [-0.2, 0) is 11.2 Å². The van der Waals surface area contributed by atoms with E-state index in [0.717, 1.165) is 16.5 Å². The van der Waals surface area contributed by atoms with Crippen molar-refractivity contribution in [3.63, 3.8) is 0 Å². The number of rotatable bonds is 7. The first-order valence-electron chi connectivity index (χ1n) is 6.47. The number of hydrogen-bond acceptors (Lipinski definition) is 3. The Bertz CT molecular complexity index is 429. The van der Waals surface area contributed by atoms with Gasteiger partial charge in [0.15, 0.2) is 0 Å². The Morgan fingerprint density at radius 3 is 2.90 bits per heavy atom. The van der Waals surface area contributed by atoms with Gasteiger partial charge in [0.1, 0.15) is 0 Å². The van der Waals surface area contributed by atoms with Crippen LogP contribution in [0.4, 0.5) is 4.79 Å². The molecule has 2 atom stereocenters. The molecule has 0 saturated heterocycles. The number of benzene rings is 1. The lowest BCUT2D eigenvalue weighted by atomic mass is 10.1. The predicted octanol–water partition coefficient (Wildman–Crippen LogP) is 1.69. The largest absolute Gasteiger partial charge is 0.389 e. The summed E-state index contributed by atoms with van der Waals surface area (Å²) < 4.78 is 5.80. The van der Waals surface area contributed by atoms with Crippen molar-refractivity contribution in [1.29, 1.82) is 0 Å². The molecule has 0 radical (unpaired) electrons. The molecule has 1 aromatic rings. The van der Waals surface area contributed by atoms with E-state index in [1.807, 2.05) is 31.2 Å². The van der Waals surface area contributed by atoms with Gasteiger partial charge >= 0.3 is 6.03 Å². The highest BCUT2D eigenvalue weighted by molar-refractivity contribution is 9.10. The highest BCUT2D eigenvalue weighted by atomic mass is 79.9. The first-order valence-corrected chi connectivity index (χ1v) is 7.26. The summed E-state index contributed by atoms with van der Waals surface area (Å²) in [5, 5.41) is 14.9. The Hall–Kier alpha value is -1.11. The molecule has 3 N–H and O–H groups in total. The monoisotopic (exact) mass is 344 g/mol. The molecule has 0 saturated carbocycles. The standard InChI is InChI=1S/C14H21BrN2O3/c1-10(6-11-4-3-5-12(15)7-11)17-14(19)16-8-13(18)9-20-2/h3-5,7,10,13,18H,6,8-9H2,1-2H3,(H2,16,17,19). The van der Waals surface area contributed by atoms with E-state index in [0.29, 0.717) is 0 Å².